The fraction of sp³-hybridized carbons (Fsp3) is 0.904. The van der Waals surface area contributed by atoms with Crippen LogP contribution in [0.2, 0.25) is 0 Å². The first-order chi connectivity index (χ1) is 29.9. The number of allylic oxidation sites excluding steroid dienone is 2. The van der Waals surface area contributed by atoms with Gasteiger partial charge in [-0.1, -0.05) is 188 Å². The molecular weight excluding hydrogens is 851 g/mol. The number of aliphatic hydroxyl groups excluding tert-OH is 2. The zero-order valence-electron chi connectivity index (χ0n) is 42.1. The van der Waals surface area contributed by atoms with Crippen LogP contribution < -0.4 is 10.6 Å². The number of likely N-dealkylation sites (N-methyl/N-ethyl adjacent to an activating group) is 1. The van der Waals surface area contributed by atoms with Crippen molar-refractivity contribution in [2.45, 2.75) is 259 Å². The summed E-state index contributed by atoms with van der Waals surface area (Å²) in [6.07, 6.45) is 43.5. The van der Waals surface area contributed by atoms with Gasteiger partial charge in [-0.25, -0.2) is 0 Å². The third-order valence-corrected chi connectivity index (χ3v) is 11.4. The molecule has 1 radical (unpaired) electrons. The van der Waals surface area contributed by atoms with E-state index in [1.54, 1.807) is 7.05 Å². The van der Waals surface area contributed by atoms with Crippen molar-refractivity contribution < 1.29 is 62.0 Å². The molecule has 62 heavy (non-hydrogen) atoms. The van der Waals surface area contributed by atoms with E-state index in [4.69, 9.17) is 14.9 Å². The summed E-state index contributed by atoms with van der Waals surface area (Å²) in [6, 6.07) is 0. The molecule has 0 aromatic heterocycles. The molecule has 0 amide bonds. The quantitative estimate of drug-likeness (QED) is 0.0268. The predicted molar refractivity (Wildman–Crippen MR) is 262 cm³/mol. The number of unbranched alkanes of at least 4 members (excludes halogenated alkanes) is 26. The van der Waals surface area contributed by atoms with Crippen molar-refractivity contribution >= 4 is 18.5 Å². The summed E-state index contributed by atoms with van der Waals surface area (Å²) in [5, 5.41) is 23.4. The summed E-state index contributed by atoms with van der Waals surface area (Å²) in [5.41, 5.74) is 0.680. The fourth-order valence-electron chi connectivity index (χ4n) is 7.51. The number of ether oxygens (including phenoxy) is 1. The number of hydrogen-bond acceptors (Lipinski definition) is 9. The number of rotatable bonds is 46. The van der Waals surface area contributed by atoms with Crippen LogP contribution in [-0.2, 0) is 51.8 Å². The van der Waals surface area contributed by atoms with Crippen LogP contribution in [-0.4, -0.2) is 86.2 Å². The molecule has 0 saturated carbocycles. The second-order valence-corrected chi connectivity index (χ2v) is 17.3. The minimum Gasteiger partial charge on any atom is -0.465 e. The SMILES string of the molecule is CCCCCCCCC(CCCCCCCC)OC=O.CCCCCCCCCCCO.CCCCCCCCN(CCCCCCO)CCCN/C(C(C)=O)=C(/C=O)NC.[Y]. The average molecular weight is 957 g/mol. The van der Waals surface area contributed by atoms with E-state index < -0.39 is 0 Å². The van der Waals surface area contributed by atoms with Crippen molar-refractivity contribution in [3.8, 4) is 0 Å². The number of nitrogens with one attached hydrogen (secondary N) is 2. The van der Waals surface area contributed by atoms with Crippen LogP contribution in [0.4, 0.5) is 0 Å². The molecule has 10 heteroatoms. The predicted octanol–water partition coefficient (Wildman–Crippen LogP) is 12.9. The summed E-state index contributed by atoms with van der Waals surface area (Å²) < 4.78 is 5.22. The van der Waals surface area contributed by atoms with Gasteiger partial charge in [0.15, 0.2) is 12.1 Å². The van der Waals surface area contributed by atoms with Gasteiger partial charge in [-0.15, -0.1) is 0 Å². The summed E-state index contributed by atoms with van der Waals surface area (Å²) in [4.78, 5) is 35.9. The molecule has 0 aromatic rings. The summed E-state index contributed by atoms with van der Waals surface area (Å²) in [7, 11) is 1.65. The second kappa shape index (κ2) is 60.1. The van der Waals surface area contributed by atoms with Crippen LogP contribution in [0.1, 0.15) is 253 Å². The molecule has 0 saturated heterocycles. The van der Waals surface area contributed by atoms with Gasteiger partial charge in [-0.3, -0.25) is 14.4 Å². The van der Waals surface area contributed by atoms with Crippen LogP contribution >= 0.6 is 0 Å². The van der Waals surface area contributed by atoms with E-state index in [2.05, 4.69) is 43.2 Å². The first-order valence-corrected chi connectivity index (χ1v) is 26.0. The van der Waals surface area contributed by atoms with Crippen LogP contribution in [0.3, 0.4) is 0 Å². The third-order valence-electron chi connectivity index (χ3n) is 11.4. The van der Waals surface area contributed by atoms with Gasteiger partial charge < -0.3 is 30.5 Å². The maximum Gasteiger partial charge on any atom is 0.293 e. The van der Waals surface area contributed by atoms with Gasteiger partial charge >= 0.3 is 0 Å². The molecule has 0 bridgehead atoms. The van der Waals surface area contributed by atoms with Crippen molar-refractivity contribution in [1.82, 2.24) is 15.5 Å². The number of carbonyl (C=O) groups excluding carboxylic acids is 3. The maximum atomic E-state index is 11.8. The zero-order valence-corrected chi connectivity index (χ0v) is 44.9. The van der Waals surface area contributed by atoms with E-state index >= 15 is 0 Å². The van der Waals surface area contributed by atoms with Gasteiger partial charge in [0.05, 0.1) is 0 Å². The number of Topliss-reactive ketones (excluding diaryl/α,β-unsaturated/α-hetero) is 1. The first kappa shape index (κ1) is 67.7. The molecular formula is C52H105N3O6Y. The molecule has 0 fully saturated rings. The molecule has 4 N–H and O–H groups in total. The molecule has 0 aromatic carbocycles. The second-order valence-electron chi connectivity index (χ2n) is 17.3. The molecule has 367 valence electrons. The number of ketones is 1. The monoisotopic (exact) mass is 957 g/mol. The Morgan fingerprint density at radius 2 is 0.871 bits per heavy atom. The normalized spacial score (nSPS) is 11.2. The van der Waals surface area contributed by atoms with Gasteiger partial charge in [0.2, 0.25) is 0 Å². The average Bonchev–Trinajstić information content (AvgIpc) is 3.26. The number of aliphatic hydroxyl groups is 2. The Kier molecular flexibility index (Phi) is 65.7. The first-order valence-electron chi connectivity index (χ1n) is 26.0. The summed E-state index contributed by atoms with van der Waals surface area (Å²) >= 11 is 0. The Morgan fingerprint density at radius 1 is 0.532 bits per heavy atom. The Morgan fingerprint density at radius 3 is 1.19 bits per heavy atom. The van der Waals surface area contributed by atoms with E-state index in [9.17, 15) is 14.4 Å². The smallest absolute Gasteiger partial charge is 0.293 e. The van der Waals surface area contributed by atoms with Crippen molar-refractivity contribution in [2.24, 2.45) is 0 Å². The van der Waals surface area contributed by atoms with Crippen molar-refractivity contribution in [2.75, 3.05) is 46.4 Å². The van der Waals surface area contributed by atoms with Crippen LogP contribution in [0.25, 0.3) is 0 Å². The zero-order chi connectivity index (χ0) is 45.7. The molecule has 0 aliphatic carbocycles. The molecule has 0 atom stereocenters. The Balaban J connectivity index is -0.000000441. The summed E-state index contributed by atoms with van der Waals surface area (Å²) in [6.45, 7) is 15.6. The molecule has 0 heterocycles. The van der Waals surface area contributed by atoms with Gasteiger partial charge in [0.25, 0.3) is 6.47 Å². The number of hydrogen-bond donors (Lipinski definition) is 4. The molecule has 0 unspecified atom stereocenters. The summed E-state index contributed by atoms with van der Waals surface area (Å²) in [5.74, 6) is -0.130. The van der Waals surface area contributed by atoms with Crippen LogP contribution in [0.15, 0.2) is 11.4 Å². The van der Waals surface area contributed by atoms with Crippen LogP contribution in [0.5, 0.6) is 0 Å². The molecule has 9 nitrogen and oxygen atoms in total. The molecule has 0 aliphatic heterocycles. The van der Waals surface area contributed by atoms with Crippen molar-refractivity contribution in [3.05, 3.63) is 11.4 Å². The van der Waals surface area contributed by atoms with E-state index in [0.29, 0.717) is 37.3 Å². The standard InChI is InChI=1S/C23H45N3O3.C18H36O2.C11H24O.Y/c1-4-5-6-7-8-11-16-26(17-12-9-10-13-19-27)18-14-15-25-23(21(2)29)22(20-28)24-3;1-3-5-7-9-11-13-15-18(20-17-19)16-14-12-10-8-6-4-2;1-2-3-4-5-6-7-8-9-10-11-12;/h20,24-25,27H,4-19H2,1-3H3;17-18H,3-16H2,1-2H3;12H,2-11H2,1H3;/b23-22-;;;. The minimum absolute atomic E-state index is 0. The van der Waals surface area contributed by atoms with Gasteiger partial charge in [-0.2, -0.15) is 0 Å². The number of aldehydes is 1. The van der Waals surface area contributed by atoms with E-state index in [1.807, 2.05) is 0 Å². The minimum atomic E-state index is -0.130. The maximum absolute atomic E-state index is 11.8. The third kappa shape index (κ3) is 53.5. The largest absolute Gasteiger partial charge is 0.465 e. The number of nitrogens with zero attached hydrogens (tertiary/aromatic N) is 1. The van der Waals surface area contributed by atoms with E-state index in [1.165, 1.54) is 174 Å². The Labute approximate surface area is 410 Å². The van der Waals surface area contributed by atoms with E-state index in [-0.39, 0.29) is 51.2 Å². The molecule has 0 spiro atoms. The Bertz CT molecular complexity index is 899. The van der Waals surface area contributed by atoms with Crippen molar-refractivity contribution in [3.63, 3.8) is 0 Å². The van der Waals surface area contributed by atoms with Crippen LogP contribution in [0, 0.1) is 0 Å². The number of carbonyl (C=O) groups is 3. The molecule has 0 rings (SSSR count). The van der Waals surface area contributed by atoms with Gasteiger partial charge in [-0.05, 0) is 77.4 Å². The molecule has 0 aliphatic rings. The topological polar surface area (TPSA) is 128 Å². The van der Waals surface area contributed by atoms with E-state index in [0.717, 1.165) is 71.0 Å². The fourth-order valence-corrected chi connectivity index (χ4v) is 7.51. The van der Waals surface area contributed by atoms with Gasteiger partial charge in [0.1, 0.15) is 17.5 Å². The Hall–Kier alpha value is -0.866. The van der Waals surface area contributed by atoms with Crippen molar-refractivity contribution in [1.29, 1.82) is 0 Å². The van der Waals surface area contributed by atoms with Gasteiger partial charge in [0, 0.05) is 66.4 Å².